The molecule has 13 heteroatoms. The number of rotatable bonds is 9. The Bertz CT molecular complexity index is 1670. The van der Waals surface area contributed by atoms with Gasteiger partial charge in [0.05, 0.1) is 36.1 Å². The Kier molecular flexibility index (Phi) is 6.78. The highest BCUT2D eigenvalue weighted by Gasteiger charge is 2.31. The van der Waals surface area contributed by atoms with E-state index in [9.17, 15) is 13.2 Å². The fraction of sp³-hybridized carbons (Fsp3) is 0.400. The van der Waals surface area contributed by atoms with Crippen LogP contribution < -0.4 is 15.6 Å². The van der Waals surface area contributed by atoms with Crippen LogP contribution in [0.25, 0.3) is 22.6 Å². The number of ether oxygens (including phenoxy) is 1. The van der Waals surface area contributed by atoms with Gasteiger partial charge in [0.25, 0.3) is 5.56 Å². The van der Waals surface area contributed by atoms with Crippen molar-refractivity contribution >= 4 is 26.8 Å². The molecule has 38 heavy (non-hydrogen) atoms. The second-order valence-corrected chi connectivity index (χ2v) is 11.3. The first-order valence-electron chi connectivity index (χ1n) is 12.3. The molecule has 0 amide bonds. The molecule has 198 valence electrons. The number of pyridine rings is 1. The summed E-state index contributed by atoms with van der Waals surface area (Å²) in [4.78, 5) is 40.5. The third-order valence-electron chi connectivity index (χ3n) is 6.55. The Morgan fingerprint density at radius 2 is 1.92 bits per heavy atom. The molecular formula is C25H28N8O4S. The molecule has 5 rings (SSSR count). The van der Waals surface area contributed by atoms with Gasteiger partial charge in [0.15, 0.2) is 27.1 Å². The van der Waals surface area contributed by atoms with Crippen LogP contribution in [0.1, 0.15) is 56.5 Å². The van der Waals surface area contributed by atoms with Crippen molar-refractivity contribution in [1.82, 2.24) is 34.5 Å². The molecular weight excluding hydrogens is 508 g/mol. The summed E-state index contributed by atoms with van der Waals surface area (Å²) in [7, 11) is -1.80. The van der Waals surface area contributed by atoms with Crippen molar-refractivity contribution in [1.29, 1.82) is 0 Å². The zero-order chi connectivity index (χ0) is 27.0. The van der Waals surface area contributed by atoms with E-state index in [4.69, 9.17) is 9.72 Å². The molecule has 4 aromatic heterocycles. The van der Waals surface area contributed by atoms with E-state index in [-0.39, 0.29) is 28.9 Å². The van der Waals surface area contributed by atoms with Crippen LogP contribution in [-0.4, -0.2) is 56.3 Å². The Balaban J connectivity index is 1.56. The lowest BCUT2D eigenvalue weighted by Crippen LogP contribution is -2.28. The Hall–Kier alpha value is -4.00. The lowest BCUT2D eigenvalue weighted by molar-refractivity contribution is 0.397. The van der Waals surface area contributed by atoms with Crippen molar-refractivity contribution < 1.29 is 13.2 Å². The molecule has 1 saturated carbocycles. The van der Waals surface area contributed by atoms with Crippen LogP contribution in [0.5, 0.6) is 5.88 Å². The van der Waals surface area contributed by atoms with Gasteiger partial charge in [-0.25, -0.2) is 33.3 Å². The second-order valence-electron chi connectivity index (χ2n) is 9.32. The molecule has 12 nitrogen and oxygen atoms in total. The summed E-state index contributed by atoms with van der Waals surface area (Å²) < 4.78 is 30.5. The first-order chi connectivity index (χ1) is 18.2. The third-order valence-corrected chi connectivity index (χ3v) is 7.65. The third kappa shape index (κ3) is 4.93. The Labute approximate surface area is 219 Å². The van der Waals surface area contributed by atoms with E-state index in [2.05, 4.69) is 30.2 Å². The van der Waals surface area contributed by atoms with Crippen molar-refractivity contribution in [3.63, 3.8) is 0 Å². The predicted octanol–water partition coefficient (Wildman–Crippen LogP) is 2.91. The molecule has 1 fully saturated rings. The average molecular weight is 537 g/mol. The number of nitrogens with zero attached hydrogens (tertiary/aromatic N) is 7. The van der Waals surface area contributed by atoms with Gasteiger partial charge in [-0.2, -0.15) is 0 Å². The fourth-order valence-electron chi connectivity index (χ4n) is 4.15. The number of fused-ring (bicyclic) bond motifs is 1. The minimum absolute atomic E-state index is 0.127. The number of aromatic nitrogens is 7. The molecule has 0 aliphatic heterocycles. The average Bonchev–Trinajstić information content (AvgIpc) is 3.76. The molecule has 0 aromatic carbocycles. The van der Waals surface area contributed by atoms with Crippen LogP contribution in [0.15, 0.2) is 40.5 Å². The quantitative estimate of drug-likeness (QED) is 0.336. The van der Waals surface area contributed by atoms with Crippen molar-refractivity contribution in [2.45, 2.75) is 56.5 Å². The number of anilines is 1. The summed E-state index contributed by atoms with van der Waals surface area (Å²) in [6, 6.07) is 2.91. The van der Waals surface area contributed by atoms with Crippen LogP contribution in [0, 0.1) is 0 Å². The number of hydrogen-bond acceptors (Lipinski definition) is 11. The summed E-state index contributed by atoms with van der Waals surface area (Å²) >= 11 is 0. The van der Waals surface area contributed by atoms with Crippen molar-refractivity contribution in [2.24, 2.45) is 0 Å². The van der Waals surface area contributed by atoms with Gasteiger partial charge < -0.3 is 10.1 Å². The SMILES string of the molecule is CCC(C)n1c(=O)c(NCc2ccc(S(C)(=O)=O)cn2)nc2cnc(-c3c(OC)ncnc3C3CC3)nc21. The molecule has 1 unspecified atom stereocenters. The largest absolute Gasteiger partial charge is 0.480 e. The van der Waals surface area contributed by atoms with Crippen LogP contribution in [0.2, 0.25) is 0 Å². The number of nitrogens with one attached hydrogen (secondary N) is 1. The van der Waals surface area contributed by atoms with E-state index in [1.54, 1.807) is 23.9 Å². The van der Waals surface area contributed by atoms with Gasteiger partial charge in [0, 0.05) is 24.4 Å². The fourth-order valence-corrected chi connectivity index (χ4v) is 4.71. The van der Waals surface area contributed by atoms with Gasteiger partial charge in [-0.3, -0.25) is 14.3 Å². The molecule has 0 bridgehead atoms. The topological polar surface area (TPSA) is 155 Å². The van der Waals surface area contributed by atoms with Gasteiger partial charge >= 0.3 is 0 Å². The number of methoxy groups -OCH3 is 1. The maximum absolute atomic E-state index is 13.6. The standard InChI is InChI=1S/C25H28N8O4S/c1-5-14(2)33-23-18(12-28-21(32-23)19-20(15-6-7-15)29-13-30-24(19)37-3)31-22(25(33)34)27-10-16-8-9-17(11-26-16)38(4,35)36/h8-9,11-15H,5-7,10H2,1-4H3,(H,27,31). The first kappa shape index (κ1) is 25.6. The molecule has 4 heterocycles. The zero-order valence-electron chi connectivity index (χ0n) is 21.5. The summed E-state index contributed by atoms with van der Waals surface area (Å²) in [5, 5.41) is 3.04. The minimum Gasteiger partial charge on any atom is -0.480 e. The highest BCUT2D eigenvalue weighted by molar-refractivity contribution is 7.90. The summed E-state index contributed by atoms with van der Waals surface area (Å²) in [6.45, 7) is 4.12. The van der Waals surface area contributed by atoms with Crippen LogP contribution >= 0.6 is 0 Å². The van der Waals surface area contributed by atoms with Gasteiger partial charge in [0.1, 0.15) is 17.4 Å². The lowest BCUT2D eigenvalue weighted by Gasteiger charge is -2.18. The second kappa shape index (κ2) is 10.0. The lowest BCUT2D eigenvalue weighted by atomic mass is 10.1. The molecule has 0 spiro atoms. The maximum atomic E-state index is 13.6. The molecule has 0 saturated heterocycles. The van der Waals surface area contributed by atoms with E-state index in [1.807, 2.05) is 13.8 Å². The summed E-state index contributed by atoms with van der Waals surface area (Å²) in [5.41, 5.74) is 2.55. The van der Waals surface area contributed by atoms with Crippen molar-refractivity contribution in [3.05, 3.63) is 52.6 Å². The van der Waals surface area contributed by atoms with Crippen molar-refractivity contribution in [2.75, 3.05) is 18.7 Å². The molecule has 1 atom stereocenters. The highest BCUT2D eigenvalue weighted by atomic mass is 32.2. The van der Waals surface area contributed by atoms with Gasteiger partial charge in [-0.1, -0.05) is 6.92 Å². The molecule has 1 aliphatic carbocycles. The van der Waals surface area contributed by atoms with E-state index in [1.165, 1.54) is 18.6 Å². The zero-order valence-corrected chi connectivity index (χ0v) is 22.4. The van der Waals surface area contributed by atoms with Gasteiger partial charge in [-0.15, -0.1) is 0 Å². The number of hydrogen-bond donors (Lipinski definition) is 1. The smallest absolute Gasteiger partial charge is 0.295 e. The van der Waals surface area contributed by atoms with E-state index >= 15 is 0 Å². The van der Waals surface area contributed by atoms with Crippen LogP contribution in [0.4, 0.5) is 5.82 Å². The highest BCUT2D eigenvalue weighted by Crippen LogP contribution is 2.44. The summed E-state index contributed by atoms with van der Waals surface area (Å²) in [6.07, 6.45) is 8.24. The minimum atomic E-state index is -3.35. The Morgan fingerprint density at radius 3 is 2.55 bits per heavy atom. The molecule has 0 radical (unpaired) electrons. The first-order valence-corrected chi connectivity index (χ1v) is 14.2. The summed E-state index contributed by atoms with van der Waals surface area (Å²) in [5.74, 6) is 1.20. The van der Waals surface area contributed by atoms with E-state index < -0.39 is 9.84 Å². The van der Waals surface area contributed by atoms with Crippen LogP contribution in [0.3, 0.4) is 0 Å². The van der Waals surface area contributed by atoms with Crippen LogP contribution in [-0.2, 0) is 16.4 Å². The monoisotopic (exact) mass is 536 g/mol. The molecule has 1 N–H and O–H groups in total. The van der Waals surface area contributed by atoms with E-state index in [0.29, 0.717) is 46.5 Å². The van der Waals surface area contributed by atoms with Gasteiger partial charge in [0.2, 0.25) is 5.88 Å². The molecule has 1 aliphatic rings. The molecule has 4 aromatic rings. The van der Waals surface area contributed by atoms with Crippen molar-refractivity contribution in [3.8, 4) is 17.3 Å². The van der Waals surface area contributed by atoms with E-state index in [0.717, 1.165) is 24.8 Å². The predicted molar refractivity (Wildman–Crippen MR) is 141 cm³/mol. The normalized spacial score (nSPS) is 14.4. The maximum Gasteiger partial charge on any atom is 0.295 e. The number of sulfone groups is 1. The van der Waals surface area contributed by atoms with Gasteiger partial charge in [-0.05, 0) is 38.3 Å². The Morgan fingerprint density at radius 1 is 1.13 bits per heavy atom.